The van der Waals surface area contributed by atoms with Crippen LogP contribution in [0.5, 0.6) is 0 Å². The van der Waals surface area contributed by atoms with Crippen LogP contribution in [-0.2, 0) is 9.53 Å². The van der Waals surface area contributed by atoms with Crippen molar-refractivity contribution in [2.75, 3.05) is 96.6 Å². The molecule has 0 bridgehead atoms. The van der Waals surface area contributed by atoms with Gasteiger partial charge in [0.15, 0.2) is 0 Å². The third kappa shape index (κ3) is 54.9. The molecule has 0 amide bonds. The number of ether oxygens (including phenoxy) is 1. The Morgan fingerprint density at radius 1 is 0.370 bits per heavy atom. The first-order valence-corrected chi connectivity index (χ1v) is 38.2. The quantitative estimate of drug-likeness (QED) is 0.0264. The molecule has 4 atom stereocenters. The number of hydrogen-bond acceptors (Lipinski definition) is 12. The zero-order valence-corrected chi connectivity index (χ0v) is 56.1. The van der Waals surface area contributed by atoms with E-state index in [1.54, 1.807) is 0 Å². The van der Waals surface area contributed by atoms with Crippen LogP contribution >= 0.6 is 21.6 Å². The lowest BCUT2D eigenvalue weighted by molar-refractivity contribution is -0.144. The molecule has 4 N–H and O–H groups in total. The van der Waals surface area contributed by atoms with Crippen LogP contribution in [0.15, 0.2) is 0 Å². The van der Waals surface area contributed by atoms with Gasteiger partial charge in [-0.2, -0.15) is 0 Å². The minimum atomic E-state index is -0.375. The summed E-state index contributed by atoms with van der Waals surface area (Å²) in [6, 6.07) is 0. The van der Waals surface area contributed by atoms with Crippen LogP contribution < -0.4 is 0 Å². The highest BCUT2D eigenvalue weighted by Gasteiger charge is 2.20. The summed E-state index contributed by atoms with van der Waals surface area (Å²) < 4.78 is 5.72. The number of rotatable bonds is 65. The van der Waals surface area contributed by atoms with Gasteiger partial charge in [0.2, 0.25) is 0 Å². The number of esters is 1. The Morgan fingerprint density at radius 2 is 0.654 bits per heavy atom. The van der Waals surface area contributed by atoms with Crippen molar-refractivity contribution < 1.29 is 30.0 Å². The number of aliphatic hydroxyl groups is 4. The zero-order valence-electron chi connectivity index (χ0n) is 54.4. The Kier molecular flexibility index (Phi) is 59.9. The number of carbonyl (C=O) groups excluding carboxylic acids is 1. The van der Waals surface area contributed by atoms with Gasteiger partial charge < -0.3 is 25.2 Å². The Bertz CT molecular complexity index is 1210. The zero-order chi connectivity index (χ0) is 58.7. The van der Waals surface area contributed by atoms with Gasteiger partial charge in [-0.05, 0) is 64.5 Å². The molecule has 0 aromatic heterocycles. The first-order chi connectivity index (χ1) is 39.7. The average Bonchev–Trinajstić information content (AvgIpc) is 3.45. The van der Waals surface area contributed by atoms with Crippen molar-refractivity contribution in [1.82, 2.24) is 19.6 Å². The maximum absolute atomic E-state index is 12.8. The smallest absolute Gasteiger partial charge is 0.305 e. The lowest BCUT2D eigenvalue weighted by Crippen LogP contribution is -2.47. The van der Waals surface area contributed by atoms with Crippen molar-refractivity contribution in [2.45, 2.75) is 341 Å². The molecular weight excluding hydrogens is 1040 g/mol. The van der Waals surface area contributed by atoms with E-state index in [-0.39, 0.29) is 30.4 Å². The van der Waals surface area contributed by atoms with E-state index in [2.05, 4.69) is 47.3 Å². The molecule has 484 valence electrons. The van der Waals surface area contributed by atoms with Crippen LogP contribution in [0.2, 0.25) is 0 Å². The molecule has 0 aromatic rings. The fraction of sp³-hybridized carbons (Fsp3) is 0.986. The molecular formula is C69H140N4O6S2. The monoisotopic (exact) mass is 1190 g/mol. The molecule has 0 spiro atoms. The first kappa shape index (κ1) is 78.9. The third-order valence-corrected chi connectivity index (χ3v) is 19.7. The molecule has 0 aliphatic carbocycles. The second kappa shape index (κ2) is 61.5. The van der Waals surface area contributed by atoms with Gasteiger partial charge in [0, 0.05) is 83.4 Å². The molecule has 10 nitrogen and oxygen atoms in total. The fourth-order valence-electron chi connectivity index (χ4n) is 11.8. The average molecular weight is 1190 g/mol. The van der Waals surface area contributed by atoms with E-state index in [4.69, 9.17) is 4.74 Å². The highest BCUT2D eigenvalue weighted by molar-refractivity contribution is 8.76. The molecule has 0 saturated carbocycles. The van der Waals surface area contributed by atoms with Crippen LogP contribution in [-0.4, -0.2) is 167 Å². The van der Waals surface area contributed by atoms with Gasteiger partial charge in [0.1, 0.15) is 6.61 Å². The van der Waals surface area contributed by atoms with Crippen LogP contribution in [0.4, 0.5) is 0 Å². The van der Waals surface area contributed by atoms with Crippen molar-refractivity contribution in [3.8, 4) is 0 Å². The number of carbonyl (C=O) groups is 1. The highest BCUT2D eigenvalue weighted by Crippen LogP contribution is 2.24. The van der Waals surface area contributed by atoms with E-state index in [1.807, 2.05) is 21.6 Å². The Balaban J connectivity index is 2.33. The van der Waals surface area contributed by atoms with Crippen molar-refractivity contribution in [1.29, 1.82) is 0 Å². The normalized spacial score (nSPS) is 15.1. The molecule has 1 fully saturated rings. The number of nitrogens with zero attached hydrogens (tertiary/aromatic N) is 4. The van der Waals surface area contributed by atoms with Gasteiger partial charge in [0.25, 0.3) is 0 Å². The van der Waals surface area contributed by atoms with E-state index in [9.17, 15) is 25.2 Å². The molecule has 1 aliphatic heterocycles. The van der Waals surface area contributed by atoms with Gasteiger partial charge in [-0.25, -0.2) is 0 Å². The minimum Gasteiger partial charge on any atom is -0.464 e. The van der Waals surface area contributed by atoms with Gasteiger partial charge in [-0.3, -0.25) is 24.4 Å². The summed E-state index contributed by atoms with van der Waals surface area (Å²) in [7, 11) is 3.99. The molecule has 0 radical (unpaired) electrons. The molecule has 1 saturated heterocycles. The summed E-state index contributed by atoms with van der Waals surface area (Å²) in [5, 5.41) is 44.2. The van der Waals surface area contributed by atoms with Crippen LogP contribution in [0.3, 0.4) is 0 Å². The Morgan fingerprint density at radius 3 is 0.988 bits per heavy atom. The summed E-state index contributed by atoms with van der Waals surface area (Å²) in [6.45, 7) is 19.9. The second-order valence-corrected chi connectivity index (χ2v) is 28.0. The Hall–Kier alpha value is -0.150. The van der Waals surface area contributed by atoms with Crippen LogP contribution in [0.25, 0.3) is 0 Å². The van der Waals surface area contributed by atoms with Gasteiger partial charge in [0.05, 0.1) is 24.4 Å². The summed E-state index contributed by atoms with van der Waals surface area (Å²) in [6.07, 6.45) is 52.8. The number of aliphatic hydroxyl groups excluding tert-OH is 4. The number of unbranched alkanes of at least 4 members (excludes halogenated alkanes) is 34. The second-order valence-electron chi connectivity index (χ2n) is 25.3. The predicted molar refractivity (Wildman–Crippen MR) is 356 cm³/mol. The third-order valence-electron chi connectivity index (χ3n) is 17.2. The van der Waals surface area contributed by atoms with Crippen molar-refractivity contribution >= 4 is 27.6 Å². The van der Waals surface area contributed by atoms with E-state index < -0.39 is 0 Å². The minimum absolute atomic E-state index is 0.111. The van der Waals surface area contributed by atoms with Crippen molar-refractivity contribution in [2.24, 2.45) is 0 Å². The largest absolute Gasteiger partial charge is 0.464 e. The lowest BCUT2D eigenvalue weighted by Gasteiger charge is -2.34. The van der Waals surface area contributed by atoms with Crippen LogP contribution in [0.1, 0.15) is 317 Å². The summed E-state index contributed by atoms with van der Waals surface area (Å²) in [5.41, 5.74) is 0. The predicted octanol–water partition coefficient (Wildman–Crippen LogP) is 17.2. The number of piperazine rings is 1. The molecule has 12 heteroatoms. The summed E-state index contributed by atoms with van der Waals surface area (Å²) >= 11 is 0. The SMILES string of the molecule is CCCCCCCCCCCCC(O)CN(CCCCC(=O)OCCN1CCN(CCSSCCCCN(CC(O)CCCCCCCCCC)CC(O)CCCCCCCCCC)CC1)CC(O)CCCCCCCCCCCC. The first-order valence-electron chi connectivity index (χ1n) is 35.7. The van der Waals surface area contributed by atoms with Gasteiger partial charge >= 0.3 is 5.97 Å². The van der Waals surface area contributed by atoms with Gasteiger partial charge in [-0.15, -0.1) is 0 Å². The molecule has 1 aliphatic rings. The van der Waals surface area contributed by atoms with E-state index >= 15 is 0 Å². The standard InChI is InChI=1S/C69H140N4O6S2/c1-5-9-13-17-21-25-27-31-35-39-45-65(74)61-72(62-66(75)46-40-36-32-28-26-22-18-14-10-6-2)50-42-41-49-69(78)79-58-56-70-52-54-71(55-53-70)57-60-81-80-59-44-43-51-73(63-67(76)47-37-33-29-23-19-15-11-7-3)64-68(77)48-38-34-30-24-20-16-12-8-4/h65-68,74-77H,5-64H2,1-4H3. The topological polar surface area (TPSA) is 120 Å². The maximum atomic E-state index is 12.8. The lowest BCUT2D eigenvalue weighted by atomic mass is 10.0. The maximum Gasteiger partial charge on any atom is 0.305 e. The van der Waals surface area contributed by atoms with E-state index in [0.29, 0.717) is 39.2 Å². The van der Waals surface area contributed by atoms with Gasteiger partial charge in [-0.1, -0.05) is 280 Å². The number of hydrogen-bond donors (Lipinski definition) is 4. The van der Waals surface area contributed by atoms with E-state index in [0.717, 1.165) is 141 Å². The summed E-state index contributed by atoms with van der Waals surface area (Å²) in [5.74, 6) is 2.15. The molecule has 4 unspecified atom stereocenters. The molecule has 0 aromatic carbocycles. The molecule has 1 rings (SSSR count). The van der Waals surface area contributed by atoms with Crippen molar-refractivity contribution in [3.05, 3.63) is 0 Å². The van der Waals surface area contributed by atoms with Crippen LogP contribution in [0, 0.1) is 0 Å². The Labute approximate surface area is 512 Å². The molecule has 1 heterocycles. The summed E-state index contributed by atoms with van der Waals surface area (Å²) in [4.78, 5) is 22.4. The molecule has 81 heavy (non-hydrogen) atoms. The highest BCUT2D eigenvalue weighted by atomic mass is 33.1. The fourth-order valence-corrected chi connectivity index (χ4v) is 14.0. The van der Waals surface area contributed by atoms with Crippen molar-refractivity contribution in [3.63, 3.8) is 0 Å². The van der Waals surface area contributed by atoms with E-state index in [1.165, 1.54) is 205 Å².